The summed E-state index contributed by atoms with van der Waals surface area (Å²) in [6.07, 6.45) is 3.47. The van der Waals surface area contributed by atoms with Crippen LogP contribution < -0.4 is 10.6 Å². The molecule has 2 heterocycles. The van der Waals surface area contributed by atoms with Crippen molar-refractivity contribution < 1.29 is 4.74 Å². The number of anilines is 3. The third kappa shape index (κ3) is 4.91. The second-order valence-electron chi connectivity index (χ2n) is 5.83. The first-order valence-corrected chi connectivity index (χ1v) is 8.59. The fourth-order valence-electron chi connectivity index (χ4n) is 2.47. The van der Waals surface area contributed by atoms with Gasteiger partial charge in [-0.2, -0.15) is 0 Å². The zero-order chi connectivity index (χ0) is 18.4. The summed E-state index contributed by atoms with van der Waals surface area (Å²) in [5.41, 5.74) is 2.62. The van der Waals surface area contributed by atoms with Gasteiger partial charge in [-0.3, -0.25) is 0 Å². The summed E-state index contributed by atoms with van der Waals surface area (Å²) < 4.78 is 5.13. The van der Waals surface area contributed by atoms with Gasteiger partial charge < -0.3 is 15.4 Å². The standard InChI is InChI=1S/C19H20ClN5O/c1-13(12-26-2)23-19-22-9-7-17(25-19)14-6-8-21-18(10-14)24-16-5-3-4-15(20)11-16/h3-11,13H,12H2,1-2H3,(H,21,24)(H,22,23,25). The van der Waals surface area contributed by atoms with Crippen LogP contribution in [0.2, 0.25) is 5.02 Å². The Balaban J connectivity index is 1.79. The number of benzene rings is 1. The number of pyridine rings is 1. The van der Waals surface area contributed by atoms with E-state index < -0.39 is 0 Å². The Morgan fingerprint density at radius 3 is 2.77 bits per heavy atom. The Morgan fingerprint density at radius 2 is 1.96 bits per heavy atom. The van der Waals surface area contributed by atoms with Gasteiger partial charge >= 0.3 is 0 Å². The maximum atomic E-state index is 6.03. The zero-order valence-electron chi connectivity index (χ0n) is 14.6. The summed E-state index contributed by atoms with van der Waals surface area (Å²) in [5, 5.41) is 7.14. The third-order valence-electron chi connectivity index (χ3n) is 3.60. The fraction of sp³-hybridized carbons (Fsp3) is 0.211. The van der Waals surface area contributed by atoms with Gasteiger partial charge in [-0.15, -0.1) is 0 Å². The van der Waals surface area contributed by atoms with Gasteiger partial charge in [-0.1, -0.05) is 17.7 Å². The van der Waals surface area contributed by atoms with Crippen molar-refractivity contribution in [3.8, 4) is 11.3 Å². The van der Waals surface area contributed by atoms with Gasteiger partial charge in [0.2, 0.25) is 5.95 Å². The van der Waals surface area contributed by atoms with E-state index in [1.54, 1.807) is 19.5 Å². The molecule has 7 heteroatoms. The first-order valence-electron chi connectivity index (χ1n) is 8.21. The zero-order valence-corrected chi connectivity index (χ0v) is 15.4. The molecule has 134 valence electrons. The van der Waals surface area contributed by atoms with Crippen LogP contribution in [0.25, 0.3) is 11.3 Å². The molecule has 0 radical (unpaired) electrons. The van der Waals surface area contributed by atoms with Crippen LogP contribution in [0, 0.1) is 0 Å². The maximum Gasteiger partial charge on any atom is 0.223 e. The summed E-state index contributed by atoms with van der Waals surface area (Å²) in [4.78, 5) is 13.2. The fourth-order valence-corrected chi connectivity index (χ4v) is 2.66. The molecule has 0 amide bonds. The number of hydrogen-bond acceptors (Lipinski definition) is 6. The molecule has 0 spiro atoms. The van der Waals surface area contributed by atoms with E-state index >= 15 is 0 Å². The number of methoxy groups -OCH3 is 1. The van der Waals surface area contributed by atoms with E-state index in [1.807, 2.05) is 49.4 Å². The molecule has 0 saturated heterocycles. The van der Waals surface area contributed by atoms with Crippen LogP contribution in [0.15, 0.2) is 54.9 Å². The van der Waals surface area contributed by atoms with Crippen molar-refractivity contribution in [3.63, 3.8) is 0 Å². The van der Waals surface area contributed by atoms with E-state index in [-0.39, 0.29) is 6.04 Å². The number of ether oxygens (including phenoxy) is 1. The number of nitrogens with zero attached hydrogens (tertiary/aromatic N) is 3. The molecule has 2 N–H and O–H groups in total. The first-order chi connectivity index (χ1) is 12.6. The monoisotopic (exact) mass is 369 g/mol. The van der Waals surface area contributed by atoms with Gasteiger partial charge in [0.25, 0.3) is 0 Å². The Kier molecular flexibility index (Phi) is 5.99. The summed E-state index contributed by atoms with van der Waals surface area (Å²) in [6, 6.07) is 13.3. The molecule has 1 atom stereocenters. The van der Waals surface area contributed by atoms with Crippen molar-refractivity contribution in [2.75, 3.05) is 24.4 Å². The molecule has 3 aromatic rings. The molecule has 0 saturated carbocycles. The van der Waals surface area contributed by atoms with E-state index in [0.29, 0.717) is 23.4 Å². The van der Waals surface area contributed by atoms with Crippen LogP contribution >= 0.6 is 11.6 Å². The van der Waals surface area contributed by atoms with Crippen molar-refractivity contribution in [1.82, 2.24) is 15.0 Å². The third-order valence-corrected chi connectivity index (χ3v) is 3.84. The number of nitrogens with one attached hydrogen (secondary N) is 2. The first kappa shape index (κ1) is 18.1. The lowest BCUT2D eigenvalue weighted by Crippen LogP contribution is -2.22. The van der Waals surface area contributed by atoms with Crippen LogP contribution in [-0.4, -0.2) is 34.7 Å². The molecule has 0 aliphatic rings. The topological polar surface area (TPSA) is 72.0 Å². The highest BCUT2D eigenvalue weighted by Crippen LogP contribution is 2.23. The van der Waals surface area contributed by atoms with Gasteiger partial charge in [-0.25, -0.2) is 15.0 Å². The van der Waals surface area contributed by atoms with E-state index in [1.165, 1.54) is 0 Å². The largest absolute Gasteiger partial charge is 0.383 e. The number of halogens is 1. The van der Waals surface area contributed by atoms with Crippen molar-refractivity contribution in [2.24, 2.45) is 0 Å². The molecule has 6 nitrogen and oxygen atoms in total. The van der Waals surface area contributed by atoms with Gasteiger partial charge in [0.05, 0.1) is 12.3 Å². The van der Waals surface area contributed by atoms with Crippen LogP contribution in [0.1, 0.15) is 6.92 Å². The van der Waals surface area contributed by atoms with Gasteiger partial charge in [-0.05, 0) is 43.3 Å². The molecule has 0 fully saturated rings. The van der Waals surface area contributed by atoms with E-state index in [0.717, 1.165) is 16.9 Å². The molecular formula is C19H20ClN5O. The van der Waals surface area contributed by atoms with E-state index in [9.17, 15) is 0 Å². The summed E-state index contributed by atoms with van der Waals surface area (Å²) in [5.74, 6) is 1.28. The maximum absolute atomic E-state index is 6.03. The van der Waals surface area contributed by atoms with Crippen LogP contribution in [0.5, 0.6) is 0 Å². The average Bonchev–Trinajstić information content (AvgIpc) is 2.62. The molecule has 3 rings (SSSR count). The molecule has 1 aromatic carbocycles. The molecule has 0 aliphatic heterocycles. The normalized spacial score (nSPS) is 11.8. The summed E-state index contributed by atoms with van der Waals surface area (Å²) >= 11 is 6.03. The number of rotatable bonds is 7. The number of hydrogen-bond donors (Lipinski definition) is 2. The van der Waals surface area contributed by atoms with Gasteiger partial charge in [0.15, 0.2) is 0 Å². The number of aromatic nitrogens is 3. The second kappa shape index (κ2) is 8.60. The lowest BCUT2D eigenvalue weighted by molar-refractivity contribution is 0.190. The minimum Gasteiger partial charge on any atom is -0.383 e. The quantitative estimate of drug-likeness (QED) is 0.643. The highest BCUT2D eigenvalue weighted by Gasteiger charge is 2.07. The van der Waals surface area contributed by atoms with Crippen molar-refractivity contribution >= 4 is 29.1 Å². The highest BCUT2D eigenvalue weighted by molar-refractivity contribution is 6.30. The lowest BCUT2D eigenvalue weighted by atomic mass is 10.2. The van der Waals surface area contributed by atoms with Crippen LogP contribution in [0.3, 0.4) is 0 Å². The van der Waals surface area contributed by atoms with Gasteiger partial charge in [0.1, 0.15) is 5.82 Å². The Labute approximate surface area is 157 Å². The lowest BCUT2D eigenvalue weighted by Gasteiger charge is -2.13. The van der Waals surface area contributed by atoms with Crippen molar-refractivity contribution in [3.05, 3.63) is 59.9 Å². The Morgan fingerprint density at radius 1 is 1.12 bits per heavy atom. The minimum atomic E-state index is 0.118. The minimum absolute atomic E-state index is 0.118. The second-order valence-corrected chi connectivity index (χ2v) is 6.27. The average molecular weight is 370 g/mol. The molecule has 1 unspecified atom stereocenters. The molecule has 0 bridgehead atoms. The Hall–Kier alpha value is -2.70. The SMILES string of the molecule is COCC(C)Nc1nccc(-c2ccnc(Nc3cccc(Cl)c3)c2)n1. The predicted molar refractivity (Wildman–Crippen MR) is 105 cm³/mol. The molecule has 2 aromatic heterocycles. The summed E-state index contributed by atoms with van der Waals surface area (Å²) in [6.45, 7) is 2.59. The predicted octanol–water partition coefficient (Wildman–Crippen LogP) is 4.38. The summed E-state index contributed by atoms with van der Waals surface area (Å²) in [7, 11) is 1.67. The smallest absolute Gasteiger partial charge is 0.223 e. The molecule has 26 heavy (non-hydrogen) atoms. The van der Waals surface area contributed by atoms with Gasteiger partial charge in [0, 0.05) is 41.8 Å². The van der Waals surface area contributed by atoms with Crippen LogP contribution in [-0.2, 0) is 4.74 Å². The Bertz CT molecular complexity index is 874. The molecule has 0 aliphatic carbocycles. The van der Waals surface area contributed by atoms with Crippen molar-refractivity contribution in [1.29, 1.82) is 0 Å². The molecular weight excluding hydrogens is 350 g/mol. The van der Waals surface area contributed by atoms with E-state index in [2.05, 4.69) is 25.6 Å². The van der Waals surface area contributed by atoms with E-state index in [4.69, 9.17) is 16.3 Å². The highest BCUT2D eigenvalue weighted by atomic mass is 35.5. The van der Waals surface area contributed by atoms with Crippen molar-refractivity contribution in [2.45, 2.75) is 13.0 Å². The van der Waals surface area contributed by atoms with Crippen LogP contribution in [0.4, 0.5) is 17.5 Å².